The monoisotopic (exact) mass is 490 g/mol. The number of benzene rings is 1. The fraction of sp³-hybridized carbons (Fsp3) is 0.500. The number of aromatic nitrogens is 2. The minimum absolute atomic E-state index is 0.221. The minimum atomic E-state index is -0.221. The zero-order chi connectivity index (χ0) is 25.2. The Kier molecular flexibility index (Phi) is 7.16. The molecule has 0 saturated carbocycles. The molecule has 8 nitrogen and oxygen atoms in total. The fourth-order valence-corrected chi connectivity index (χ4v) is 5.39. The number of nitrogens with zero attached hydrogens (tertiary/aromatic N) is 6. The van der Waals surface area contributed by atoms with Crippen molar-refractivity contribution in [1.29, 1.82) is 0 Å². The first-order valence-electron chi connectivity index (χ1n) is 13.1. The Morgan fingerprint density at radius 2 is 1.78 bits per heavy atom. The summed E-state index contributed by atoms with van der Waals surface area (Å²) in [5, 5.41) is 4.57. The molecule has 36 heavy (non-hydrogen) atoms. The highest BCUT2D eigenvalue weighted by molar-refractivity contribution is 5.80. The lowest BCUT2D eigenvalue weighted by molar-refractivity contribution is 0.0745. The van der Waals surface area contributed by atoms with E-state index in [1.165, 1.54) is 11.1 Å². The summed E-state index contributed by atoms with van der Waals surface area (Å²) in [5.41, 5.74) is 5.96. The standard InChI is InChI=1S/C28H38N6O2/c1-5-36-28(35)32-16-14-31(15-17-32)25-10-11-29-34-19-24(18-26(25)34)22-6-8-23(9-7-22)27-20-33(21(2)3)13-12-30(27)4/h6-11,18-19,21,27H,5,12-17,20H2,1-4H3. The highest BCUT2D eigenvalue weighted by Gasteiger charge is 2.27. The van der Waals surface area contributed by atoms with E-state index in [9.17, 15) is 4.79 Å². The molecule has 2 aromatic heterocycles. The van der Waals surface area contributed by atoms with Crippen LogP contribution in [-0.4, -0.2) is 95.9 Å². The predicted octanol–water partition coefficient (Wildman–Crippen LogP) is 3.98. The van der Waals surface area contributed by atoms with E-state index in [-0.39, 0.29) is 6.09 Å². The zero-order valence-electron chi connectivity index (χ0n) is 21.9. The van der Waals surface area contributed by atoms with Gasteiger partial charge in [-0.25, -0.2) is 9.31 Å². The maximum absolute atomic E-state index is 12.1. The fourth-order valence-electron chi connectivity index (χ4n) is 5.39. The Hall–Kier alpha value is -3.10. The summed E-state index contributed by atoms with van der Waals surface area (Å²) in [6, 6.07) is 14.3. The van der Waals surface area contributed by atoms with Gasteiger partial charge in [-0.1, -0.05) is 24.3 Å². The van der Waals surface area contributed by atoms with Crippen LogP contribution in [0.2, 0.25) is 0 Å². The lowest BCUT2D eigenvalue weighted by atomic mass is 9.99. The van der Waals surface area contributed by atoms with Gasteiger partial charge in [0, 0.05) is 75.9 Å². The zero-order valence-corrected chi connectivity index (χ0v) is 21.9. The van der Waals surface area contributed by atoms with Gasteiger partial charge >= 0.3 is 6.09 Å². The molecular weight excluding hydrogens is 452 g/mol. The lowest BCUT2D eigenvalue weighted by Crippen LogP contribution is -2.49. The van der Waals surface area contributed by atoms with Crippen molar-refractivity contribution in [2.24, 2.45) is 0 Å². The second kappa shape index (κ2) is 10.5. The number of hydrogen-bond donors (Lipinski definition) is 0. The predicted molar refractivity (Wildman–Crippen MR) is 144 cm³/mol. The van der Waals surface area contributed by atoms with Crippen LogP contribution in [0.15, 0.2) is 48.8 Å². The van der Waals surface area contributed by atoms with Crippen LogP contribution in [0, 0.1) is 0 Å². The van der Waals surface area contributed by atoms with Gasteiger partial charge in [-0.05, 0) is 51.1 Å². The molecule has 192 valence electrons. The number of ether oxygens (including phenoxy) is 1. The largest absolute Gasteiger partial charge is 0.450 e. The number of carbonyl (C=O) groups is 1. The highest BCUT2D eigenvalue weighted by atomic mass is 16.6. The van der Waals surface area contributed by atoms with Crippen LogP contribution in [0.4, 0.5) is 10.5 Å². The number of hydrogen-bond acceptors (Lipinski definition) is 6. The third kappa shape index (κ3) is 4.92. The van der Waals surface area contributed by atoms with Crippen molar-refractivity contribution in [1.82, 2.24) is 24.3 Å². The van der Waals surface area contributed by atoms with Crippen molar-refractivity contribution in [2.45, 2.75) is 32.9 Å². The summed E-state index contributed by atoms with van der Waals surface area (Å²) in [7, 11) is 2.23. The maximum Gasteiger partial charge on any atom is 0.409 e. The molecule has 8 heteroatoms. The second-order valence-electron chi connectivity index (χ2n) is 10.2. The Labute approximate surface area is 214 Å². The van der Waals surface area contributed by atoms with Gasteiger partial charge < -0.3 is 14.5 Å². The molecule has 2 fully saturated rings. The molecule has 4 heterocycles. The smallest absolute Gasteiger partial charge is 0.409 e. The van der Waals surface area contributed by atoms with Crippen molar-refractivity contribution in [3.63, 3.8) is 0 Å². The Balaban J connectivity index is 1.33. The number of carbonyl (C=O) groups excluding carboxylic acids is 1. The van der Waals surface area contributed by atoms with Crippen molar-refractivity contribution in [3.8, 4) is 11.1 Å². The van der Waals surface area contributed by atoms with Crippen molar-refractivity contribution in [3.05, 3.63) is 54.4 Å². The summed E-state index contributed by atoms with van der Waals surface area (Å²) < 4.78 is 7.13. The second-order valence-corrected chi connectivity index (χ2v) is 10.2. The van der Waals surface area contributed by atoms with Crippen LogP contribution in [0.25, 0.3) is 16.6 Å². The number of fused-ring (bicyclic) bond motifs is 1. The summed E-state index contributed by atoms with van der Waals surface area (Å²) >= 11 is 0. The molecule has 1 unspecified atom stereocenters. The van der Waals surface area contributed by atoms with Gasteiger partial charge in [0.15, 0.2) is 0 Å². The van der Waals surface area contributed by atoms with Gasteiger partial charge in [0.2, 0.25) is 0 Å². The van der Waals surface area contributed by atoms with Gasteiger partial charge in [-0.15, -0.1) is 0 Å². The van der Waals surface area contributed by atoms with Crippen molar-refractivity contribution in [2.75, 3.05) is 64.4 Å². The number of piperazine rings is 2. The summed E-state index contributed by atoms with van der Waals surface area (Å²) in [6.45, 7) is 13.0. The average Bonchev–Trinajstić information content (AvgIpc) is 3.34. The van der Waals surface area contributed by atoms with Gasteiger partial charge in [0.1, 0.15) is 0 Å². The van der Waals surface area contributed by atoms with Crippen LogP contribution >= 0.6 is 0 Å². The Morgan fingerprint density at radius 3 is 2.47 bits per heavy atom. The van der Waals surface area contributed by atoms with E-state index < -0.39 is 0 Å². The summed E-state index contributed by atoms with van der Waals surface area (Å²) in [5.74, 6) is 0. The van der Waals surface area contributed by atoms with E-state index in [4.69, 9.17) is 4.74 Å². The molecule has 1 aromatic carbocycles. The molecule has 0 radical (unpaired) electrons. The molecule has 5 rings (SSSR count). The number of anilines is 1. The van der Waals surface area contributed by atoms with Gasteiger partial charge in [0.25, 0.3) is 0 Å². The third-order valence-corrected chi connectivity index (χ3v) is 7.67. The topological polar surface area (TPSA) is 56.6 Å². The molecule has 3 aromatic rings. The molecular formula is C28H38N6O2. The molecule has 0 N–H and O–H groups in total. The number of rotatable bonds is 5. The first-order valence-corrected chi connectivity index (χ1v) is 13.1. The van der Waals surface area contributed by atoms with Gasteiger partial charge in [0.05, 0.1) is 17.8 Å². The molecule has 0 spiro atoms. The summed E-state index contributed by atoms with van der Waals surface area (Å²) in [4.78, 5) is 21.2. The van der Waals surface area contributed by atoms with E-state index in [2.05, 4.69) is 83.3 Å². The summed E-state index contributed by atoms with van der Waals surface area (Å²) in [6.07, 6.45) is 3.74. The molecule has 1 amide bonds. The number of amides is 1. The maximum atomic E-state index is 12.1. The SMILES string of the molecule is CCOC(=O)N1CCN(c2ccnn3cc(-c4ccc(C5CN(C(C)C)CCN5C)cc4)cc23)CC1. The van der Waals surface area contributed by atoms with Gasteiger partial charge in [-0.3, -0.25) is 9.80 Å². The molecule has 0 bridgehead atoms. The molecule has 2 aliphatic rings. The minimum Gasteiger partial charge on any atom is -0.450 e. The van der Waals surface area contributed by atoms with E-state index in [1.54, 1.807) is 4.90 Å². The quantitative estimate of drug-likeness (QED) is 0.539. The Bertz CT molecular complexity index is 1180. The number of likely N-dealkylation sites (N-methyl/N-ethyl adjacent to an activating group) is 1. The van der Waals surface area contributed by atoms with Crippen molar-refractivity contribution < 1.29 is 9.53 Å². The normalized spacial score (nSPS) is 19.9. The molecule has 1 atom stereocenters. The van der Waals surface area contributed by atoms with E-state index in [1.807, 2.05) is 17.6 Å². The van der Waals surface area contributed by atoms with Crippen LogP contribution in [-0.2, 0) is 4.74 Å². The van der Waals surface area contributed by atoms with E-state index in [0.29, 0.717) is 31.8 Å². The molecule has 2 aliphatic heterocycles. The van der Waals surface area contributed by atoms with Crippen molar-refractivity contribution >= 4 is 17.3 Å². The first kappa shape index (κ1) is 24.6. The molecule has 0 aliphatic carbocycles. The van der Waals surface area contributed by atoms with Crippen LogP contribution in [0.1, 0.15) is 32.4 Å². The van der Waals surface area contributed by atoms with E-state index >= 15 is 0 Å². The van der Waals surface area contributed by atoms with Crippen LogP contribution in [0.5, 0.6) is 0 Å². The van der Waals surface area contributed by atoms with Gasteiger partial charge in [-0.2, -0.15) is 5.10 Å². The lowest BCUT2D eigenvalue weighted by Gasteiger charge is -2.41. The van der Waals surface area contributed by atoms with Crippen LogP contribution in [0.3, 0.4) is 0 Å². The first-order chi connectivity index (χ1) is 17.4. The van der Waals surface area contributed by atoms with Crippen LogP contribution < -0.4 is 4.90 Å². The highest BCUT2D eigenvalue weighted by Crippen LogP contribution is 2.31. The average molecular weight is 491 g/mol. The Morgan fingerprint density at radius 1 is 1.03 bits per heavy atom. The third-order valence-electron chi connectivity index (χ3n) is 7.67. The molecule has 2 saturated heterocycles. The van der Waals surface area contributed by atoms with E-state index in [0.717, 1.165) is 49.5 Å².